The average Bonchev–Trinajstić information content (AvgIpc) is 3.33. The maximum Gasteiger partial charge on any atom is 0.408 e. The number of halogens is 5. The van der Waals surface area contributed by atoms with Crippen molar-refractivity contribution in [3.8, 4) is 17.3 Å². The van der Waals surface area contributed by atoms with Crippen LogP contribution >= 0.6 is 12.4 Å². The molecule has 1 aromatic carbocycles. The summed E-state index contributed by atoms with van der Waals surface area (Å²) in [7, 11) is 0. The van der Waals surface area contributed by atoms with Crippen LogP contribution in [0.1, 0.15) is 18.0 Å². The number of aromatic nitrogens is 4. The summed E-state index contributed by atoms with van der Waals surface area (Å²) in [5.41, 5.74) is 6.64. The van der Waals surface area contributed by atoms with Crippen molar-refractivity contribution >= 4 is 29.0 Å². The SMILES string of the molecule is Cl.NC1CCN([C@H](c2ccc3nnc(-c4ccc5cc(F)cc(O)c5n4)n3c2)C(F)(F)F)C1. The van der Waals surface area contributed by atoms with Crippen molar-refractivity contribution < 1.29 is 22.7 Å². The van der Waals surface area contributed by atoms with Gasteiger partial charge >= 0.3 is 6.18 Å². The summed E-state index contributed by atoms with van der Waals surface area (Å²) in [4.78, 5) is 5.66. The molecular formula is C21H19ClF4N6O. The highest BCUT2D eigenvalue weighted by Crippen LogP contribution is 2.39. The number of nitrogens with two attached hydrogens (primary N) is 1. The first-order valence-corrected chi connectivity index (χ1v) is 9.91. The minimum absolute atomic E-state index is 0. The lowest BCUT2D eigenvalue weighted by Gasteiger charge is -2.30. The van der Waals surface area contributed by atoms with Gasteiger partial charge in [0, 0.05) is 36.8 Å². The van der Waals surface area contributed by atoms with Crippen molar-refractivity contribution in [3.63, 3.8) is 0 Å². The van der Waals surface area contributed by atoms with Crippen LogP contribution in [-0.2, 0) is 0 Å². The summed E-state index contributed by atoms with van der Waals surface area (Å²) in [5.74, 6) is -0.757. The highest BCUT2D eigenvalue weighted by atomic mass is 35.5. The summed E-state index contributed by atoms with van der Waals surface area (Å²) >= 11 is 0. The molecule has 0 amide bonds. The van der Waals surface area contributed by atoms with E-state index in [9.17, 15) is 22.7 Å². The van der Waals surface area contributed by atoms with Crippen molar-refractivity contribution in [2.45, 2.75) is 24.7 Å². The molecular weight excluding hydrogens is 464 g/mol. The predicted octanol–water partition coefficient (Wildman–Crippen LogP) is 3.85. The molecule has 1 fully saturated rings. The van der Waals surface area contributed by atoms with Gasteiger partial charge in [0.1, 0.15) is 28.8 Å². The van der Waals surface area contributed by atoms with Crippen molar-refractivity contribution in [3.05, 3.63) is 54.0 Å². The second kappa shape index (κ2) is 8.40. The first-order chi connectivity index (χ1) is 15.2. The molecule has 1 unspecified atom stereocenters. The third kappa shape index (κ3) is 4.19. The van der Waals surface area contributed by atoms with E-state index in [0.29, 0.717) is 17.5 Å². The Hall–Kier alpha value is -3.02. The molecule has 0 bridgehead atoms. The van der Waals surface area contributed by atoms with Crippen LogP contribution in [0.3, 0.4) is 0 Å². The van der Waals surface area contributed by atoms with Crippen LogP contribution < -0.4 is 5.73 Å². The number of likely N-dealkylation sites (tertiary alicyclic amines) is 1. The van der Waals surface area contributed by atoms with Crippen molar-refractivity contribution in [2.75, 3.05) is 13.1 Å². The Morgan fingerprint density at radius 3 is 2.61 bits per heavy atom. The number of hydrogen-bond donors (Lipinski definition) is 2. The fourth-order valence-corrected chi connectivity index (χ4v) is 4.21. The van der Waals surface area contributed by atoms with Crippen molar-refractivity contribution in [2.24, 2.45) is 5.73 Å². The van der Waals surface area contributed by atoms with Gasteiger partial charge in [-0.15, -0.1) is 22.6 Å². The number of benzene rings is 1. The number of alkyl halides is 3. The molecule has 4 heterocycles. The zero-order chi connectivity index (χ0) is 22.6. The number of aromatic hydroxyl groups is 1. The maximum atomic E-state index is 14.0. The monoisotopic (exact) mass is 482 g/mol. The lowest BCUT2D eigenvalue weighted by Crippen LogP contribution is -2.38. The lowest BCUT2D eigenvalue weighted by molar-refractivity contribution is -0.183. The molecule has 0 radical (unpaired) electrons. The van der Waals surface area contributed by atoms with E-state index in [2.05, 4.69) is 15.2 Å². The highest BCUT2D eigenvalue weighted by Gasteiger charge is 2.46. The number of fused-ring (bicyclic) bond motifs is 2. The Bertz CT molecular complexity index is 1330. The molecule has 174 valence electrons. The van der Waals surface area contributed by atoms with Crippen LogP contribution in [-0.4, -0.2) is 54.9 Å². The van der Waals surface area contributed by atoms with Gasteiger partial charge in [-0.25, -0.2) is 9.37 Å². The van der Waals surface area contributed by atoms with Crippen LogP contribution in [0.5, 0.6) is 5.75 Å². The Balaban J connectivity index is 0.00000259. The number of nitrogens with zero attached hydrogens (tertiary/aromatic N) is 5. The minimum Gasteiger partial charge on any atom is -0.506 e. The Morgan fingerprint density at radius 1 is 1.12 bits per heavy atom. The molecule has 3 N–H and O–H groups in total. The van der Waals surface area contributed by atoms with Gasteiger partial charge in [0.05, 0.1) is 0 Å². The standard InChI is InChI=1S/C21H18F4N6O.ClH/c22-13-7-11-1-3-15(27-18(11)16(32)8-13)20-29-28-17-4-2-12(9-31(17)20)19(21(23,24)25)30-6-5-14(26)10-30;/h1-4,7-9,14,19,32H,5-6,10,26H2;1H/t14?,19-;/m1./s1. The third-order valence-electron chi connectivity index (χ3n) is 5.64. The van der Waals surface area contributed by atoms with Crippen LogP contribution in [0, 0.1) is 5.82 Å². The van der Waals surface area contributed by atoms with Gasteiger partial charge in [-0.2, -0.15) is 13.2 Å². The van der Waals surface area contributed by atoms with E-state index in [1.54, 1.807) is 12.1 Å². The summed E-state index contributed by atoms with van der Waals surface area (Å²) in [6.45, 7) is 0.403. The van der Waals surface area contributed by atoms with E-state index in [4.69, 9.17) is 5.73 Å². The smallest absolute Gasteiger partial charge is 0.408 e. The van der Waals surface area contributed by atoms with Gasteiger partial charge in [0.2, 0.25) is 0 Å². The topological polar surface area (TPSA) is 92.6 Å². The predicted molar refractivity (Wildman–Crippen MR) is 116 cm³/mol. The highest BCUT2D eigenvalue weighted by molar-refractivity contribution is 5.86. The fourth-order valence-electron chi connectivity index (χ4n) is 4.21. The fraction of sp³-hybridized carbons (Fsp3) is 0.286. The third-order valence-corrected chi connectivity index (χ3v) is 5.64. The number of phenols is 1. The molecule has 12 heteroatoms. The minimum atomic E-state index is -4.50. The number of phenolic OH excluding ortho intramolecular Hbond substituents is 1. The van der Waals surface area contributed by atoms with E-state index in [0.717, 1.165) is 6.07 Å². The zero-order valence-electron chi connectivity index (χ0n) is 17.0. The molecule has 3 aromatic heterocycles. The van der Waals surface area contributed by atoms with Gasteiger partial charge in [-0.05, 0) is 30.2 Å². The van der Waals surface area contributed by atoms with Gasteiger partial charge < -0.3 is 10.8 Å². The van der Waals surface area contributed by atoms with E-state index in [1.165, 1.54) is 33.7 Å². The molecule has 7 nitrogen and oxygen atoms in total. The average molecular weight is 483 g/mol. The Kier molecular flexibility index (Phi) is 5.89. The molecule has 1 aliphatic heterocycles. The second-order valence-corrected chi connectivity index (χ2v) is 7.90. The Morgan fingerprint density at radius 2 is 1.91 bits per heavy atom. The number of pyridine rings is 2. The Labute approximate surface area is 191 Å². The zero-order valence-corrected chi connectivity index (χ0v) is 17.8. The molecule has 1 aliphatic rings. The van der Waals surface area contributed by atoms with Crippen LogP contribution in [0.2, 0.25) is 0 Å². The van der Waals surface area contributed by atoms with Crippen LogP contribution in [0.25, 0.3) is 28.1 Å². The summed E-state index contributed by atoms with van der Waals surface area (Å²) in [5, 5.41) is 18.5. The van der Waals surface area contributed by atoms with Crippen LogP contribution in [0.15, 0.2) is 42.6 Å². The molecule has 0 saturated carbocycles. The van der Waals surface area contributed by atoms with Gasteiger partial charge in [0.25, 0.3) is 0 Å². The first-order valence-electron chi connectivity index (χ1n) is 9.91. The number of rotatable bonds is 3. The van der Waals surface area contributed by atoms with Gasteiger partial charge in [0.15, 0.2) is 11.5 Å². The second-order valence-electron chi connectivity index (χ2n) is 7.90. The number of hydrogen-bond acceptors (Lipinski definition) is 6. The summed E-state index contributed by atoms with van der Waals surface area (Å²) in [6, 6.07) is 6.00. The quantitative estimate of drug-likeness (QED) is 0.431. The molecule has 0 spiro atoms. The van der Waals surface area contributed by atoms with E-state index in [1.807, 2.05) is 0 Å². The summed E-state index contributed by atoms with van der Waals surface area (Å²) in [6.07, 6.45) is -2.65. The lowest BCUT2D eigenvalue weighted by atomic mass is 10.1. The van der Waals surface area contributed by atoms with Crippen molar-refractivity contribution in [1.82, 2.24) is 24.5 Å². The molecule has 1 saturated heterocycles. The molecule has 5 rings (SSSR count). The van der Waals surface area contributed by atoms with Gasteiger partial charge in [-0.1, -0.05) is 12.1 Å². The van der Waals surface area contributed by atoms with E-state index in [-0.39, 0.29) is 59.9 Å². The van der Waals surface area contributed by atoms with E-state index < -0.39 is 18.0 Å². The van der Waals surface area contributed by atoms with Crippen molar-refractivity contribution in [1.29, 1.82) is 0 Å². The van der Waals surface area contributed by atoms with Gasteiger partial charge in [-0.3, -0.25) is 9.30 Å². The van der Waals surface area contributed by atoms with Crippen LogP contribution in [0.4, 0.5) is 17.6 Å². The molecule has 4 aromatic rings. The van der Waals surface area contributed by atoms with E-state index >= 15 is 0 Å². The molecule has 0 aliphatic carbocycles. The molecule has 33 heavy (non-hydrogen) atoms. The normalized spacial score (nSPS) is 18.0. The first kappa shape index (κ1) is 23.1. The molecule has 2 atom stereocenters. The summed E-state index contributed by atoms with van der Waals surface area (Å²) < 4.78 is 56.9. The maximum absolute atomic E-state index is 14.0. The largest absolute Gasteiger partial charge is 0.506 e.